The third-order valence-corrected chi connectivity index (χ3v) is 5.69. The van der Waals surface area contributed by atoms with E-state index in [1.807, 2.05) is 11.4 Å². The first-order valence-electron chi connectivity index (χ1n) is 7.62. The van der Waals surface area contributed by atoms with Crippen molar-refractivity contribution >= 4 is 29.1 Å². The Balaban J connectivity index is 1.55. The predicted octanol–water partition coefficient (Wildman–Crippen LogP) is 0.452. The molecule has 0 spiro atoms. The Hall–Kier alpha value is -1.89. The molecule has 3 atom stereocenters. The Bertz CT molecular complexity index is 630. The Kier molecular flexibility index (Phi) is 3.18. The summed E-state index contributed by atoms with van der Waals surface area (Å²) in [6.45, 7) is 1.21. The molecule has 4 heterocycles. The number of rotatable bonds is 2. The first kappa shape index (κ1) is 13.8. The molecule has 3 unspecified atom stereocenters. The quantitative estimate of drug-likeness (QED) is 0.860. The van der Waals surface area contributed by atoms with Gasteiger partial charge in [-0.05, 0) is 30.7 Å². The number of carbonyl (C=O) groups excluding carboxylic acids is 3. The van der Waals surface area contributed by atoms with Crippen LogP contribution in [0.4, 0.5) is 0 Å². The molecule has 22 heavy (non-hydrogen) atoms. The number of piperazine rings is 1. The fraction of sp³-hybridized carbons (Fsp3) is 0.533. The van der Waals surface area contributed by atoms with E-state index in [9.17, 15) is 14.4 Å². The monoisotopic (exact) mass is 319 g/mol. The number of nitrogens with zero attached hydrogens (tertiary/aromatic N) is 2. The third-order valence-electron chi connectivity index (χ3n) is 4.82. The summed E-state index contributed by atoms with van der Waals surface area (Å²) in [5.74, 6) is -0.114. The van der Waals surface area contributed by atoms with Crippen molar-refractivity contribution in [3.63, 3.8) is 0 Å². The van der Waals surface area contributed by atoms with Gasteiger partial charge in [0.15, 0.2) is 0 Å². The van der Waals surface area contributed by atoms with Crippen LogP contribution in [0, 0.1) is 0 Å². The van der Waals surface area contributed by atoms with E-state index < -0.39 is 6.04 Å². The van der Waals surface area contributed by atoms with Crippen LogP contribution < -0.4 is 5.32 Å². The average molecular weight is 319 g/mol. The largest absolute Gasteiger partial charge is 0.346 e. The molecule has 3 amide bonds. The van der Waals surface area contributed by atoms with Crippen molar-refractivity contribution in [1.82, 2.24) is 15.1 Å². The van der Waals surface area contributed by atoms with Gasteiger partial charge in [0.05, 0.1) is 10.9 Å². The summed E-state index contributed by atoms with van der Waals surface area (Å²) in [5, 5.41) is 4.79. The molecule has 1 N–H and O–H groups in total. The Morgan fingerprint density at radius 3 is 2.82 bits per heavy atom. The Morgan fingerprint density at radius 1 is 1.18 bits per heavy atom. The zero-order valence-corrected chi connectivity index (χ0v) is 12.8. The van der Waals surface area contributed by atoms with Crippen LogP contribution in [0.1, 0.15) is 28.9 Å². The first-order valence-corrected chi connectivity index (χ1v) is 8.50. The highest BCUT2D eigenvalue weighted by Crippen LogP contribution is 2.32. The van der Waals surface area contributed by atoms with Crippen LogP contribution in [-0.4, -0.2) is 58.7 Å². The molecule has 4 rings (SSSR count). The number of fused-ring (bicyclic) bond motifs is 2. The molecule has 0 aliphatic carbocycles. The van der Waals surface area contributed by atoms with Crippen molar-refractivity contribution in [1.29, 1.82) is 0 Å². The van der Waals surface area contributed by atoms with Gasteiger partial charge in [-0.25, -0.2) is 0 Å². The van der Waals surface area contributed by atoms with Crippen molar-refractivity contribution in [2.45, 2.75) is 37.4 Å². The predicted molar refractivity (Wildman–Crippen MR) is 80.4 cm³/mol. The van der Waals surface area contributed by atoms with Gasteiger partial charge in [-0.3, -0.25) is 14.4 Å². The van der Waals surface area contributed by atoms with Gasteiger partial charge in [0.2, 0.25) is 11.8 Å². The summed E-state index contributed by atoms with van der Waals surface area (Å²) in [4.78, 5) is 41.4. The Labute approximate surface area is 132 Å². The molecule has 6 nitrogen and oxygen atoms in total. The van der Waals surface area contributed by atoms with Gasteiger partial charge in [0, 0.05) is 13.1 Å². The van der Waals surface area contributed by atoms with Crippen molar-refractivity contribution < 1.29 is 14.4 Å². The van der Waals surface area contributed by atoms with E-state index in [4.69, 9.17) is 0 Å². The summed E-state index contributed by atoms with van der Waals surface area (Å²) >= 11 is 1.37. The highest BCUT2D eigenvalue weighted by molar-refractivity contribution is 7.12. The molecule has 3 aliphatic rings. The zero-order valence-electron chi connectivity index (χ0n) is 12.0. The zero-order chi connectivity index (χ0) is 15.3. The van der Waals surface area contributed by atoms with Crippen molar-refractivity contribution in [3.05, 3.63) is 22.4 Å². The van der Waals surface area contributed by atoms with Crippen molar-refractivity contribution in [2.24, 2.45) is 0 Å². The van der Waals surface area contributed by atoms with Gasteiger partial charge < -0.3 is 15.1 Å². The maximum Gasteiger partial charge on any atom is 0.261 e. The number of thiophene rings is 1. The lowest BCUT2D eigenvalue weighted by Crippen LogP contribution is -2.64. The minimum atomic E-state index is -0.522. The molecule has 3 saturated heterocycles. The van der Waals surface area contributed by atoms with Gasteiger partial charge >= 0.3 is 0 Å². The smallest absolute Gasteiger partial charge is 0.261 e. The van der Waals surface area contributed by atoms with Gasteiger partial charge in [-0.15, -0.1) is 11.3 Å². The maximum absolute atomic E-state index is 12.7. The standard InChI is InChI=1S/C15H17N3O3S/c19-13(11-4-2-8-22-11)16-9-5-7-18-12(9)15(21)17-6-1-3-10(17)14(18)20/h2,4,8-10,12H,1,3,5-7H2,(H,16,19). The van der Waals surface area contributed by atoms with Crippen molar-refractivity contribution in [2.75, 3.05) is 13.1 Å². The van der Waals surface area contributed by atoms with Gasteiger partial charge in [0.1, 0.15) is 12.1 Å². The highest BCUT2D eigenvalue weighted by Gasteiger charge is 2.53. The van der Waals surface area contributed by atoms with E-state index >= 15 is 0 Å². The maximum atomic E-state index is 12.7. The number of hydrogen-bond donors (Lipinski definition) is 1. The molecule has 7 heteroatoms. The average Bonchev–Trinajstić information content (AvgIpc) is 3.24. The molecule has 0 aromatic carbocycles. The van der Waals surface area contributed by atoms with Crippen LogP contribution in [0.2, 0.25) is 0 Å². The summed E-state index contributed by atoms with van der Waals surface area (Å²) in [6.07, 6.45) is 2.29. The van der Waals surface area contributed by atoms with Gasteiger partial charge in [-0.2, -0.15) is 0 Å². The van der Waals surface area contributed by atoms with E-state index in [1.54, 1.807) is 15.9 Å². The molecule has 3 aliphatic heterocycles. The molecule has 0 bridgehead atoms. The molecule has 1 aromatic rings. The van der Waals surface area contributed by atoms with E-state index in [0.29, 0.717) is 24.4 Å². The SMILES string of the molecule is O=C(NC1CCN2C(=O)C3CCCN3C(=O)C12)c1cccs1. The third kappa shape index (κ3) is 1.95. The van der Waals surface area contributed by atoms with E-state index in [2.05, 4.69) is 5.32 Å². The molecule has 0 saturated carbocycles. The topological polar surface area (TPSA) is 69.7 Å². The molecular weight excluding hydrogens is 302 g/mol. The lowest BCUT2D eigenvalue weighted by molar-refractivity contribution is -0.157. The van der Waals surface area contributed by atoms with Gasteiger partial charge in [-0.1, -0.05) is 6.07 Å². The van der Waals surface area contributed by atoms with E-state index in [1.165, 1.54) is 11.3 Å². The second kappa shape index (κ2) is 5.08. The van der Waals surface area contributed by atoms with Crippen molar-refractivity contribution in [3.8, 4) is 0 Å². The normalized spacial score (nSPS) is 30.5. The molecule has 116 valence electrons. The number of hydrogen-bond acceptors (Lipinski definition) is 4. The number of amides is 3. The molecule has 3 fully saturated rings. The van der Waals surface area contributed by atoms with Crippen LogP contribution in [0.5, 0.6) is 0 Å². The minimum absolute atomic E-state index is 0.00363. The molecule has 0 radical (unpaired) electrons. The lowest BCUT2D eigenvalue weighted by atomic mass is 10.0. The minimum Gasteiger partial charge on any atom is -0.346 e. The van der Waals surface area contributed by atoms with E-state index in [-0.39, 0.29) is 29.8 Å². The second-order valence-electron chi connectivity index (χ2n) is 6.01. The number of carbonyl (C=O) groups is 3. The van der Waals surface area contributed by atoms with Crippen LogP contribution in [-0.2, 0) is 9.59 Å². The van der Waals surface area contributed by atoms with Crippen LogP contribution in [0.3, 0.4) is 0 Å². The van der Waals surface area contributed by atoms with E-state index in [0.717, 1.165) is 12.8 Å². The fourth-order valence-electron chi connectivity index (χ4n) is 3.79. The van der Waals surface area contributed by atoms with Crippen LogP contribution >= 0.6 is 11.3 Å². The van der Waals surface area contributed by atoms with Crippen LogP contribution in [0.25, 0.3) is 0 Å². The summed E-state index contributed by atoms with van der Waals surface area (Å²) in [5.41, 5.74) is 0. The second-order valence-corrected chi connectivity index (χ2v) is 6.96. The fourth-order valence-corrected chi connectivity index (χ4v) is 4.42. The lowest BCUT2D eigenvalue weighted by Gasteiger charge is -2.40. The first-order chi connectivity index (χ1) is 10.7. The molecular formula is C15H17N3O3S. The van der Waals surface area contributed by atoms with Gasteiger partial charge in [0.25, 0.3) is 5.91 Å². The molecule has 1 aromatic heterocycles. The Morgan fingerprint density at radius 2 is 2.05 bits per heavy atom. The summed E-state index contributed by atoms with van der Waals surface area (Å²) in [6, 6.07) is 2.51. The highest BCUT2D eigenvalue weighted by atomic mass is 32.1. The number of nitrogens with one attached hydrogen (secondary N) is 1. The van der Waals surface area contributed by atoms with Crippen LogP contribution in [0.15, 0.2) is 17.5 Å². The summed E-state index contributed by atoms with van der Waals surface area (Å²) in [7, 11) is 0. The summed E-state index contributed by atoms with van der Waals surface area (Å²) < 4.78 is 0.